The summed E-state index contributed by atoms with van der Waals surface area (Å²) in [5.74, 6) is 0.489. The summed E-state index contributed by atoms with van der Waals surface area (Å²) in [5.41, 5.74) is 15.6. The summed E-state index contributed by atoms with van der Waals surface area (Å²) in [6.45, 7) is 4.68. The number of aromatic nitrogens is 1. The molecule has 0 radical (unpaired) electrons. The maximum atomic E-state index is 9.26. The van der Waals surface area contributed by atoms with E-state index in [2.05, 4.69) is 140 Å². The molecule has 10 rings (SSSR count). The molecule has 1 aliphatic rings. The van der Waals surface area contributed by atoms with Crippen molar-refractivity contribution in [2.75, 3.05) is 4.90 Å². The van der Waals surface area contributed by atoms with Gasteiger partial charge in [0.1, 0.15) is 11.7 Å². The highest BCUT2D eigenvalue weighted by Crippen LogP contribution is 2.50. The highest BCUT2D eigenvalue weighted by Gasteiger charge is 2.35. The molecule has 4 heteroatoms. The van der Waals surface area contributed by atoms with Gasteiger partial charge < -0.3 is 4.57 Å². The summed E-state index contributed by atoms with van der Waals surface area (Å²) in [4.78, 5) is 1.72. The Bertz CT molecular complexity index is 2960. The molecule has 0 saturated carbocycles. The van der Waals surface area contributed by atoms with Gasteiger partial charge in [-0.15, -0.1) is 0 Å². The van der Waals surface area contributed by atoms with Crippen LogP contribution in [-0.4, -0.2) is 16.2 Å². The molecule has 272 valence electrons. The predicted molar refractivity (Wildman–Crippen MR) is 238 cm³/mol. The number of hydrogen-bond donors (Lipinski definition) is 2. The van der Waals surface area contributed by atoms with Crippen LogP contribution in [0.4, 0.5) is 5.69 Å². The lowest BCUT2D eigenvalue weighted by Crippen LogP contribution is -2.37. The lowest BCUT2D eigenvalue weighted by molar-refractivity contribution is 0.660. The molecule has 0 amide bonds. The van der Waals surface area contributed by atoms with Gasteiger partial charge in [0, 0.05) is 38.7 Å². The monoisotopic (exact) mass is 732 g/mol. The zero-order valence-corrected chi connectivity index (χ0v) is 31.9. The topological polar surface area (TPSA) is 55.9 Å². The van der Waals surface area contributed by atoms with Crippen molar-refractivity contribution in [1.29, 1.82) is 10.8 Å². The van der Waals surface area contributed by atoms with Crippen molar-refractivity contribution < 1.29 is 0 Å². The fourth-order valence-electron chi connectivity index (χ4n) is 8.85. The Morgan fingerprint density at radius 2 is 0.947 bits per heavy atom. The maximum absolute atomic E-state index is 9.26. The number of rotatable bonds is 6. The number of benzene rings is 8. The predicted octanol–water partition coefficient (Wildman–Crippen LogP) is 13.3. The van der Waals surface area contributed by atoms with Crippen molar-refractivity contribution in [3.05, 3.63) is 216 Å². The number of amidine groups is 2. The SMILES string of the molecule is CC1(C)c2ccccc2-c2ccc(-c3ccccc3-c3ccc4c5ccccc5n(-c5ccc(N(C(=N)c6ccccc6)C(=N)c6ccccc6)cc5)c4c3)cc21. The Balaban J connectivity index is 1.08. The zero-order chi connectivity index (χ0) is 38.7. The van der Waals surface area contributed by atoms with E-state index in [0.29, 0.717) is 0 Å². The fourth-order valence-corrected chi connectivity index (χ4v) is 8.85. The Morgan fingerprint density at radius 1 is 0.439 bits per heavy atom. The van der Waals surface area contributed by atoms with Gasteiger partial charge in [-0.05, 0) is 87.0 Å². The highest BCUT2D eigenvalue weighted by molar-refractivity contribution is 6.27. The van der Waals surface area contributed by atoms with Crippen molar-refractivity contribution in [1.82, 2.24) is 4.57 Å². The van der Waals surface area contributed by atoms with E-state index in [9.17, 15) is 10.8 Å². The van der Waals surface area contributed by atoms with E-state index in [-0.39, 0.29) is 17.1 Å². The van der Waals surface area contributed by atoms with Gasteiger partial charge in [0.05, 0.1) is 11.0 Å². The molecular formula is C53H40N4. The molecule has 0 atom stereocenters. The molecule has 1 aromatic heterocycles. The van der Waals surface area contributed by atoms with E-state index in [1.165, 1.54) is 49.7 Å². The van der Waals surface area contributed by atoms with Gasteiger partial charge in [0.15, 0.2) is 0 Å². The van der Waals surface area contributed by atoms with Gasteiger partial charge in [0.2, 0.25) is 0 Å². The molecule has 1 aliphatic carbocycles. The number of hydrogen-bond acceptors (Lipinski definition) is 2. The first kappa shape index (κ1) is 34.2. The molecule has 0 spiro atoms. The van der Waals surface area contributed by atoms with Gasteiger partial charge in [-0.2, -0.15) is 0 Å². The second-order valence-electron chi connectivity index (χ2n) is 15.3. The number of fused-ring (bicyclic) bond motifs is 6. The van der Waals surface area contributed by atoms with Crippen LogP contribution >= 0.6 is 0 Å². The molecule has 2 N–H and O–H groups in total. The minimum absolute atomic E-state index is 0.0765. The Kier molecular flexibility index (Phi) is 8.08. The molecule has 57 heavy (non-hydrogen) atoms. The minimum Gasteiger partial charge on any atom is -0.309 e. The van der Waals surface area contributed by atoms with E-state index in [0.717, 1.165) is 39.1 Å². The van der Waals surface area contributed by atoms with E-state index in [1.807, 2.05) is 72.8 Å². The van der Waals surface area contributed by atoms with Gasteiger partial charge >= 0.3 is 0 Å². The lowest BCUT2D eigenvalue weighted by atomic mass is 9.81. The average molecular weight is 733 g/mol. The summed E-state index contributed by atoms with van der Waals surface area (Å²) < 4.78 is 2.34. The van der Waals surface area contributed by atoms with Crippen molar-refractivity contribution in [3.63, 3.8) is 0 Å². The summed E-state index contributed by atoms with van der Waals surface area (Å²) in [6, 6.07) is 67.5. The van der Waals surface area contributed by atoms with Crippen LogP contribution in [0.5, 0.6) is 0 Å². The Labute approximate surface area is 333 Å². The molecule has 9 aromatic rings. The van der Waals surface area contributed by atoms with Crippen molar-refractivity contribution in [2.45, 2.75) is 19.3 Å². The van der Waals surface area contributed by atoms with Crippen molar-refractivity contribution in [3.8, 4) is 39.1 Å². The molecule has 0 bridgehead atoms. The number of anilines is 1. The largest absolute Gasteiger partial charge is 0.309 e. The first-order chi connectivity index (χ1) is 27.9. The van der Waals surface area contributed by atoms with E-state index in [4.69, 9.17) is 0 Å². The molecular weight excluding hydrogens is 693 g/mol. The first-order valence-electron chi connectivity index (χ1n) is 19.4. The minimum atomic E-state index is -0.0765. The van der Waals surface area contributed by atoms with Gasteiger partial charge in [-0.25, -0.2) is 0 Å². The fraction of sp³-hybridized carbons (Fsp3) is 0.0566. The molecule has 1 heterocycles. The lowest BCUT2D eigenvalue weighted by Gasteiger charge is -2.26. The summed E-state index contributed by atoms with van der Waals surface area (Å²) in [5, 5.41) is 20.9. The van der Waals surface area contributed by atoms with E-state index < -0.39 is 0 Å². The first-order valence-corrected chi connectivity index (χ1v) is 19.4. The van der Waals surface area contributed by atoms with E-state index >= 15 is 0 Å². The molecule has 0 fully saturated rings. The van der Waals surface area contributed by atoms with Crippen LogP contribution in [0.2, 0.25) is 0 Å². The van der Waals surface area contributed by atoms with Crippen molar-refractivity contribution in [2.24, 2.45) is 0 Å². The van der Waals surface area contributed by atoms with Crippen LogP contribution in [0.3, 0.4) is 0 Å². The summed E-state index contributed by atoms with van der Waals surface area (Å²) in [6.07, 6.45) is 0. The van der Waals surface area contributed by atoms with Gasteiger partial charge in [-0.1, -0.05) is 166 Å². The maximum Gasteiger partial charge on any atom is 0.138 e. The molecule has 0 unspecified atom stereocenters. The standard InChI is InChI=1S/C53H40N4/c1-53(2)47-23-13-11-21-43(47)44-31-25-37(33-48(44)53)41-19-9-10-20-42(41)38-26-32-46-45-22-12-14-24-49(45)56(50(46)34-38)39-27-29-40(30-28-39)57(51(54)35-15-5-3-6-16-35)52(55)36-17-7-4-8-18-36/h3-34,54-55H,1-2H3. The quantitative estimate of drug-likeness (QED) is 0.130. The molecule has 0 saturated heterocycles. The van der Waals surface area contributed by atoms with Crippen LogP contribution < -0.4 is 4.90 Å². The number of nitrogens with one attached hydrogen (secondary N) is 2. The van der Waals surface area contributed by atoms with Gasteiger partial charge in [0.25, 0.3) is 0 Å². The Hall–Kier alpha value is -7.30. The molecule has 8 aromatic carbocycles. The van der Waals surface area contributed by atoms with E-state index in [1.54, 1.807) is 4.90 Å². The average Bonchev–Trinajstić information content (AvgIpc) is 3.72. The zero-order valence-electron chi connectivity index (χ0n) is 31.9. The van der Waals surface area contributed by atoms with Crippen molar-refractivity contribution >= 4 is 39.2 Å². The normalized spacial score (nSPS) is 12.7. The molecule has 0 aliphatic heterocycles. The smallest absolute Gasteiger partial charge is 0.138 e. The van der Waals surface area contributed by atoms with Crippen LogP contribution in [0.25, 0.3) is 60.9 Å². The third kappa shape index (κ3) is 5.60. The van der Waals surface area contributed by atoms with Crippen LogP contribution in [-0.2, 0) is 5.41 Å². The van der Waals surface area contributed by atoms with Crippen LogP contribution in [0.1, 0.15) is 36.1 Å². The summed E-state index contributed by atoms with van der Waals surface area (Å²) >= 11 is 0. The number of nitrogens with zero attached hydrogens (tertiary/aromatic N) is 2. The second kappa shape index (κ2) is 13.5. The van der Waals surface area contributed by atoms with Crippen LogP contribution in [0, 0.1) is 10.8 Å². The third-order valence-corrected chi connectivity index (χ3v) is 11.7. The molecule has 4 nitrogen and oxygen atoms in total. The number of para-hydroxylation sites is 1. The second-order valence-corrected chi connectivity index (χ2v) is 15.3. The third-order valence-electron chi connectivity index (χ3n) is 11.7. The Morgan fingerprint density at radius 3 is 1.61 bits per heavy atom. The summed E-state index contributed by atoms with van der Waals surface area (Å²) in [7, 11) is 0. The van der Waals surface area contributed by atoms with Crippen LogP contribution in [0.15, 0.2) is 194 Å². The van der Waals surface area contributed by atoms with Gasteiger partial charge in [-0.3, -0.25) is 15.7 Å². The highest BCUT2D eigenvalue weighted by atomic mass is 15.2.